The van der Waals surface area contributed by atoms with Crippen molar-refractivity contribution in [2.75, 3.05) is 5.73 Å². The van der Waals surface area contributed by atoms with Crippen molar-refractivity contribution in [2.24, 2.45) is 0 Å². The number of aliphatic hydroxyl groups excluding tert-OH is 1. The van der Waals surface area contributed by atoms with Gasteiger partial charge in [0, 0.05) is 22.4 Å². The number of nitrogen functional groups attached to an aromatic ring is 1. The van der Waals surface area contributed by atoms with Crippen molar-refractivity contribution in [3.8, 4) is 11.8 Å². The van der Waals surface area contributed by atoms with Crippen molar-refractivity contribution in [2.45, 2.75) is 26.5 Å². The van der Waals surface area contributed by atoms with Crippen LogP contribution in [-0.4, -0.2) is 34.3 Å². The smallest absolute Gasteiger partial charge is 0.268 e. The number of hydrogen-bond acceptors (Lipinski definition) is 5. The molecule has 0 aromatic heterocycles. The second-order valence-corrected chi connectivity index (χ2v) is 5.62. The second-order valence-electron chi connectivity index (χ2n) is 5.62. The van der Waals surface area contributed by atoms with Gasteiger partial charge in [0.05, 0.1) is 6.10 Å². The van der Waals surface area contributed by atoms with Crippen LogP contribution in [0.15, 0.2) is 48.5 Å². The molecule has 0 saturated heterocycles. The molecule has 0 unspecified atom stereocenters. The number of hydrogen-bond donors (Lipinski definition) is 5. The van der Waals surface area contributed by atoms with E-state index in [2.05, 4.69) is 17.2 Å². The van der Waals surface area contributed by atoms with Crippen LogP contribution in [0.5, 0.6) is 0 Å². The van der Waals surface area contributed by atoms with Gasteiger partial charge in [-0.3, -0.25) is 14.8 Å². The molecule has 0 saturated carbocycles. The molecule has 7 heteroatoms. The Morgan fingerprint density at radius 1 is 1.00 bits per heavy atom. The highest BCUT2D eigenvalue weighted by molar-refractivity contribution is 5.97. The number of anilines is 1. The van der Waals surface area contributed by atoms with Crippen LogP contribution >= 0.6 is 0 Å². The summed E-state index contributed by atoms with van der Waals surface area (Å²) in [6.45, 7) is 1.33. The lowest BCUT2D eigenvalue weighted by Gasteiger charge is -2.19. The Morgan fingerprint density at radius 3 is 1.93 bits per heavy atom. The maximum absolute atomic E-state index is 12.2. The van der Waals surface area contributed by atoms with Crippen LogP contribution in [0.25, 0.3) is 0 Å². The maximum Gasteiger partial charge on any atom is 0.268 e. The van der Waals surface area contributed by atoms with Gasteiger partial charge in [-0.15, -0.1) is 0 Å². The number of amides is 2. The first-order valence-electron chi connectivity index (χ1n) is 7.81. The predicted molar refractivity (Wildman–Crippen MR) is 103 cm³/mol. The lowest BCUT2D eigenvalue weighted by Crippen LogP contribution is -2.51. The Balaban J connectivity index is 0.00000364. The molecule has 2 amide bonds. The average Bonchev–Trinajstić information content (AvgIpc) is 2.65. The molecule has 142 valence electrons. The Morgan fingerprint density at radius 2 is 1.48 bits per heavy atom. The van der Waals surface area contributed by atoms with Crippen molar-refractivity contribution < 1.29 is 19.9 Å². The van der Waals surface area contributed by atoms with Gasteiger partial charge in [-0.1, -0.05) is 19.3 Å². The number of benzene rings is 2. The zero-order valence-corrected chi connectivity index (χ0v) is 14.1. The maximum atomic E-state index is 12.2. The molecule has 2 aromatic rings. The standard InChI is InChI=1S/C19H19N3O4.CH4/c1-12(23)17(19(25)22-26)21-18(24)15-8-4-13(5-9-15)2-3-14-6-10-16(20)11-7-14;/h4-12,17,23,26H,20H2,1H3,(H,21,24)(H,22,25);1H4/t12-,17+;/m1./s1. The molecular weight excluding hydrogens is 346 g/mol. The van der Waals surface area contributed by atoms with Gasteiger partial charge in [0.1, 0.15) is 6.04 Å². The molecule has 0 spiro atoms. The zero-order chi connectivity index (χ0) is 19.1. The number of hydroxylamine groups is 1. The average molecular weight is 369 g/mol. The first-order chi connectivity index (χ1) is 12.4. The summed E-state index contributed by atoms with van der Waals surface area (Å²) >= 11 is 0. The summed E-state index contributed by atoms with van der Waals surface area (Å²) in [7, 11) is 0. The van der Waals surface area contributed by atoms with E-state index in [0.29, 0.717) is 16.8 Å². The number of nitrogens with two attached hydrogens (primary N) is 1. The molecule has 0 heterocycles. The Labute approximate surface area is 158 Å². The number of rotatable bonds is 4. The summed E-state index contributed by atoms with van der Waals surface area (Å²) in [6, 6.07) is 12.3. The van der Waals surface area contributed by atoms with Crippen molar-refractivity contribution in [1.29, 1.82) is 0 Å². The second kappa shape index (κ2) is 9.97. The molecule has 2 rings (SSSR count). The van der Waals surface area contributed by atoms with E-state index in [1.807, 2.05) is 12.1 Å². The summed E-state index contributed by atoms with van der Waals surface area (Å²) in [5.41, 5.74) is 9.50. The van der Waals surface area contributed by atoms with E-state index in [4.69, 9.17) is 10.9 Å². The molecule has 6 N–H and O–H groups in total. The van der Waals surface area contributed by atoms with Crippen molar-refractivity contribution in [3.05, 3.63) is 65.2 Å². The van der Waals surface area contributed by atoms with Crippen molar-refractivity contribution in [3.63, 3.8) is 0 Å². The fourth-order valence-corrected chi connectivity index (χ4v) is 2.12. The summed E-state index contributed by atoms with van der Waals surface area (Å²) < 4.78 is 0. The molecule has 27 heavy (non-hydrogen) atoms. The van der Waals surface area contributed by atoms with Crippen LogP contribution in [0.4, 0.5) is 5.69 Å². The Kier molecular flexibility index (Phi) is 8.01. The summed E-state index contributed by atoms with van der Waals surface area (Å²) in [4.78, 5) is 23.6. The van der Waals surface area contributed by atoms with Gasteiger partial charge in [0.2, 0.25) is 0 Å². The van der Waals surface area contributed by atoms with Gasteiger partial charge in [0.25, 0.3) is 11.8 Å². The third-order valence-corrected chi connectivity index (χ3v) is 3.57. The minimum absolute atomic E-state index is 0. The van der Waals surface area contributed by atoms with Crippen LogP contribution in [0, 0.1) is 11.8 Å². The largest absolute Gasteiger partial charge is 0.399 e. The van der Waals surface area contributed by atoms with E-state index in [1.165, 1.54) is 12.4 Å². The van der Waals surface area contributed by atoms with Gasteiger partial charge in [-0.05, 0) is 55.5 Å². The zero-order valence-electron chi connectivity index (χ0n) is 14.1. The van der Waals surface area contributed by atoms with E-state index in [9.17, 15) is 14.7 Å². The van der Waals surface area contributed by atoms with E-state index in [-0.39, 0.29) is 7.43 Å². The molecule has 0 fully saturated rings. The molecular formula is C20H23N3O4. The molecule has 0 aliphatic heterocycles. The molecule has 0 aliphatic rings. The predicted octanol–water partition coefficient (Wildman–Crippen LogP) is 1.29. The number of nitrogens with one attached hydrogen (secondary N) is 2. The van der Waals surface area contributed by atoms with Gasteiger partial charge in [-0.25, -0.2) is 5.48 Å². The van der Waals surface area contributed by atoms with E-state index >= 15 is 0 Å². The van der Waals surface area contributed by atoms with Gasteiger partial charge < -0.3 is 16.2 Å². The summed E-state index contributed by atoms with van der Waals surface area (Å²) in [6.07, 6.45) is -1.17. The monoisotopic (exact) mass is 369 g/mol. The van der Waals surface area contributed by atoms with Crippen LogP contribution < -0.4 is 16.5 Å². The molecule has 0 bridgehead atoms. The summed E-state index contributed by atoms with van der Waals surface area (Å²) in [5.74, 6) is 4.50. The lowest BCUT2D eigenvalue weighted by atomic mass is 10.1. The van der Waals surface area contributed by atoms with Crippen molar-refractivity contribution in [1.82, 2.24) is 10.8 Å². The molecule has 0 aliphatic carbocycles. The van der Waals surface area contributed by atoms with Gasteiger partial charge >= 0.3 is 0 Å². The van der Waals surface area contributed by atoms with Crippen molar-refractivity contribution >= 4 is 17.5 Å². The topological polar surface area (TPSA) is 125 Å². The first kappa shape index (κ1) is 21.7. The third kappa shape index (κ3) is 6.15. The summed E-state index contributed by atoms with van der Waals surface area (Å²) in [5, 5.41) is 20.6. The van der Waals surface area contributed by atoms with Crippen LogP contribution in [0.3, 0.4) is 0 Å². The fraction of sp³-hybridized carbons (Fsp3) is 0.200. The molecule has 2 atom stereocenters. The normalized spacial score (nSPS) is 11.8. The molecule has 2 aromatic carbocycles. The SMILES string of the molecule is C.C[C@@H](O)[C@H](NC(=O)c1ccc(C#Cc2ccc(N)cc2)cc1)C(=O)NO. The fourth-order valence-electron chi connectivity index (χ4n) is 2.12. The highest BCUT2D eigenvalue weighted by atomic mass is 16.5. The number of aliphatic hydroxyl groups is 1. The Bertz CT molecular complexity index is 834. The molecule has 0 radical (unpaired) electrons. The third-order valence-electron chi connectivity index (χ3n) is 3.57. The number of carbonyl (C=O) groups is 2. The van der Waals surface area contributed by atoms with Gasteiger partial charge in [-0.2, -0.15) is 0 Å². The van der Waals surface area contributed by atoms with E-state index in [1.54, 1.807) is 36.4 Å². The van der Waals surface area contributed by atoms with E-state index < -0.39 is 24.0 Å². The van der Waals surface area contributed by atoms with Crippen LogP contribution in [0.2, 0.25) is 0 Å². The highest BCUT2D eigenvalue weighted by Gasteiger charge is 2.25. The van der Waals surface area contributed by atoms with Crippen LogP contribution in [-0.2, 0) is 4.79 Å². The van der Waals surface area contributed by atoms with Crippen LogP contribution in [0.1, 0.15) is 35.8 Å². The minimum atomic E-state index is -1.27. The Hall–Kier alpha value is -3.34. The lowest BCUT2D eigenvalue weighted by molar-refractivity contribution is -0.133. The minimum Gasteiger partial charge on any atom is -0.399 e. The van der Waals surface area contributed by atoms with Gasteiger partial charge in [0.15, 0.2) is 0 Å². The number of carbonyl (C=O) groups excluding carboxylic acids is 2. The van der Waals surface area contributed by atoms with E-state index in [0.717, 1.165) is 5.56 Å². The molecule has 7 nitrogen and oxygen atoms in total. The highest BCUT2D eigenvalue weighted by Crippen LogP contribution is 2.07. The first-order valence-corrected chi connectivity index (χ1v) is 7.81. The quantitative estimate of drug-likeness (QED) is 0.240.